The van der Waals surface area contributed by atoms with E-state index < -0.39 is 15.8 Å². The molecule has 3 rings (SSSR count). The molecule has 1 N–H and O–H groups in total. The van der Waals surface area contributed by atoms with Crippen LogP contribution in [0.5, 0.6) is 0 Å². The van der Waals surface area contributed by atoms with Gasteiger partial charge in [-0.05, 0) is 31.7 Å². The maximum Gasteiger partial charge on any atom is 0.208 e. The third-order valence-electron chi connectivity index (χ3n) is 4.45. The summed E-state index contributed by atoms with van der Waals surface area (Å²) in [6.07, 6.45) is 2.96. The molecule has 1 aromatic heterocycles. The van der Waals surface area contributed by atoms with Crippen molar-refractivity contribution in [3.63, 3.8) is 0 Å². The number of fused-ring (bicyclic) bond motifs is 1. The zero-order valence-corrected chi connectivity index (χ0v) is 15.5. The van der Waals surface area contributed by atoms with Crippen LogP contribution in [0.2, 0.25) is 0 Å². The summed E-state index contributed by atoms with van der Waals surface area (Å²) in [5.41, 5.74) is 0.416. The van der Waals surface area contributed by atoms with Gasteiger partial charge in [0.05, 0.1) is 17.3 Å². The SMILES string of the molecule is Cc1nc(N2CCCC(CNS(C)(=O)=O)C2)c2cc(C#N)c(F)cc2n1. The zero-order chi connectivity index (χ0) is 18.9. The largest absolute Gasteiger partial charge is 0.356 e. The van der Waals surface area contributed by atoms with E-state index in [1.54, 1.807) is 6.92 Å². The average Bonchev–Trinajstić information content (AvgIpc) is 2.58. The summed E-state index contributed by atoms with van der Waals surface area (Å²) in [5, 5.41) is 9.74. The molecular weight excluding hydrogens is 357 g/mol. The molecule has 1 aliphatic rings. The van der Waals surface area contributed by atoms with E-state index in [2.05, 4.69) is 19.6 Å². The van der Waals surface area contributed by atoms with Gasteiger partial charge in [-0.2, -0.15) is 5.26 Å². The van der Waals surface area contributed by atoms with Crippen molar-refractivity contribution < 1.29 is 12.8 Å². The Bertz CT molecular complexity index is 987. The topological polar surface area (TPSA) is 99.0 Å². The highest BCUT2D eigenvalue weighted by Crippen LogP contribution is 2.29. The minimum Gasteiger partial charge on any atom is -0.356 e. The second kappa shape index (κ2) is 7.13. The molecule has 1 unspecified atom stereocenters. The van der Waals surface area contributed by atoms with Crippen LogP contribution in [0.15, 0.2) is 12.1 Å². The number of anilines is 1. The standard InChI is InChI=1S/C17H20FN5O2S/c1-11-21-16-7-15(18)13(8-19)6-14(16)17(22-11)23-5-3-4-12(10-23)9-20-26(2,24)25/h6-7,12,20H,3-5,9-10H2,1-2H3. The first-order chi connectivity index (χ1) is 12.3. The Kier molecular flexibility index (Phi) is 5.07. The molecule has 0 amide bonds. The first-order valence-corrected chi connectivity index (χ1v) is 10.2. The number of nitrogens with zero attached hydrogens (tertiary/aromatic N) is 4. The highest BCUT2D eigenvalue weighted by molar-refractivity contribution is 7.88. The molecule has 9 heteroatoms. The number of nitrogens with one attached hydrogen (secondary N) is 1. The molecule has 138 valence electrons. The Morgan fingerprint density at radius 2 is 2.19 bits per heavy atom. The lowest BCUT2D eigenvalue weighted by Crippen LogP contribution is -2.41. The van der Waals surface area contributed by atoms with Crippen molar-refractivity contribution in [2.24, 2.45) is 5.92 Å². The van der Waals surface area contributed by atoms with Gasteiger partial charge in [-0.25, -0.2) is 27.5 Å². The highest BCUT2D eigenvalue weighted by Gasteiger charge is 2.24. The van der Waals surface area contributed by atoms with Gasteiger partial charge >= 0.3 is 0 Å². The maximum absolute atomic E-state index is 13.9. The highest BCUT2D eigenvalue weighted by atomic mass is 32.2. The minimum absolute atomic E-state index is 0.0431. The van der Waals surface area contributed by atoms with Gasteiger partial charge in [0.25, 0.3) is 0 Å². The lowest BCUT2D eigenvalue weighted by Gasteiger charge is -2.34. The summed E-state index contributed by atoms with van der Waals surface area (Å²) in [5.74, 6) is 0.735. The second-order valence-corrected chi connectivity index (χ2v) is 8.46. The van der Waals surface area contributed by atoms with E-state index >= 15 is 0 Å². The van der Waals surface area contributed by atoms with Crippen molar-refractivity contribution in [3.05, 3.63) is 29.3 Å². The molecule has 0 aliphatic carbocycles. The number of benzene rings is 1. The van der Waals surface area contributed by atoms with Gasteiger partial charge in [0.15, 0.2) is 0 Å². The van der Waals surface area contributed by atoms with Crippen LogP contribution >= 0.6 is 0 Å². The molecular formula is C17H20FN5O2S. The Morgan fingerprint density at radius 3 is 2.88 bits per heavy atom. The van der Waals surface area contributed by atoms with Crippen molar-refractivity contribution in [1.82, 2.24) is 14.7 Å². The molecule has 1 atom stereocenters. The molecule has 0 radical (unpaired) electrons. The fraction of sp³-hybridized carbons (Fsp3) is 0.471. The van der Waals surface area contributed by atoms with E-state index in [4.69, 9.17) is 5.26 Å². The van der Waals surface area contributed by atoms with Crippen molar-refractivity contribution in [2.45, 2.75) is 19.8 Å². The number of aromatic nitrogens is 2. The third kappa shape index (κ3) is 4.08. The van der Waals surface area contributed by atoms with Gasteiger partial charge < -0.3 is 4.90 Å². The first kappa shape index (κ1) is 18.5. The molecule has 2 heterocycles. The average molecular weight is 377 g/mol. The van der Waals surface area contributed by atoms with Gasteiger partial charge in [-0.15, -0.1) is 0 Å². The molecule has 0 saturated carbocycles. The zero-order valence-electron chi connectivity index (χ0n) is 14.7. The summed E-state index contributed by atoms with van der Waals surface area (Å²) < 4.78 is 39.2. The van der Waals surface area contributed by atoms with Gasteiger partial charge in [-0.3, -0.25) is 0 Å². The molecule has 1 aliphatic heterocycles. The fourth-order valence-corrected chi connectivity index (χ4v) is 3.81. The van der Waals surface area contributed by atoms with Gasteiger partial charge in [0, 0.05) is 31.1 Å². The van der Waals surface area contributed by atoms with E-state index in [1.807, 2.05) is 6.07 Å². The number of halogens is 1. The monoisotopic (exact) mass is 377 g/mol. The van der Waals surface area contributed by atoms with Crippen LogP contribution in [0.3, 0.4) is 0 Å². The number of nitriles is 1. The van der Waals surface area contributed by atoms with Crippen LogP contribution < -0.4 is 9.62 Å². The Morgan fingerprint density at radius 1 is 1.42 bits per heavy atom. The Balaban J connectivity index is 1.95. The molecule has 1 aromatic carbocycles. The lowest BCUT2D eigenvalue weighted by molar-refractivity contribution is 0.410. The summed E-state index contributed by atoms with van der Waals surface area (Å²) in [4.78, 5) is 10.9. The van der Waals surface area contributed by atoms with E-state index in [9.17, 15) is 12.8 Å². The third-order valence-corrected chi connectivity index (χ3v) is 5.14. The number of rotatable bonds is 4. The summed E-state index contributed by atoms with van der Waals surface area (Å²) in [6.45, 7) is 3.51. The molecule has 2 aromatic rings. The molecule has 7 nitrogen and oxygen atoms in total. The predicted molar refractivity (Wildman–Crippen MR) is 96.7 cm³/mol. The Hall–Kier alpha value is -2.31. The van der Waals surface area contributed by atoms with E-state index in [0.29, 0.717) is 35.6 Å². The molecule has 1 saturated heterocycles. The molecule has 26 heavy (non-hydrogen) atoms. The maximum atomic E-state index is 13.9. The van der Waals surface area contributed by atoms with Crippen LogP contribution in [-0.4, -0.2) is 44.3 Å². The van der Waals surface area contributed by atoms with Crippen molar-refractivity contribution in [1.29, 1.82) is 5.26 Å². The number of aryl methyl sites for hydroxylation is 1. The first-order valence-electron chi connectivity index (χ1n) is 8.34. The lowest BCUT2D eigenvalue weighted by atomic mass is 9.98. The van der Waals surface area contributed by atoms with E-state index in [0.717, 1.165) is 25.6 Å². The van der Waals surface area contributed by atoms with Crippen LogP contribution in [0.4, 0.5) is 10.2 Å². The fourth-order valence-electron chi connectivity index (χ4n) is 3.27. The number of sulfonamides is 1. The van der Waals surface area contributed by atoms with E-state index in [-0.39, 0.29) is 11.5 Å². The molecule has 0 bridgehead atoms. The number of piperidine rings is 1. The summed E-state index contributed by atoms with van der Waals surface area (Å²) in [6, 6.07) is 4.60. The van der Waals surface area contributed by atoms with Gasteiger partial charge in [0.1, 0.15) is 23.5 Å². The van der Waals surface area contributed by atoms with Crippen LogP contribution in [0.1, 0.15) is 24.2 Å². The summed E-state index contributed by atoms with van der Waals surface area (Å²) in [7, 11) is -3.23. The quantitative estimate of drug-likeness (QED) is 0.871. The molecule has 0 spiro atoms. The van der Waals surface area contributed by atoms with Crippen molar-refractivity contribution in [2.75, 3.05) is 30.8 Å². The number of hydrogen-bond donors (Lipinski definition) is 1. The number of hydrogen-bond acceptors (Lipinski definition) is 6. The van der Waals surface area contributed by atoms with Crippen molar-refractivity contribution >= 4 is 26.7 Å². The van der Waals surface area contributed by atoms with Gasteiger partial charge in [-0.1, -0.05) is 0 Å². The Labute approximate surface area is 151 Å². The second-order valence-electron chi connectivity index (χ2n) is 6.63. The van der Waals surface area contributed by atoms with Crippen LogP contribution in [-0.2, 0) is 10.0 Å². The molecule has 1 fully saturated rings. The minimum atomic E-state index is -3.23. The normalized spacial score (nSPS) is 18.1. The van der Waals surface area contributed by atoms with Crippen LogP contribution in [0, 0.1) is 30.0 Å². The van der Waals surface area contributed by atoms with E-state index in [1.165, 1.54) is 12.1 Å². The van der Waals surface area contributed by atoms with Gasteiger partial charge in [0.2, 0.25) is 10.0 Å². The smallest absolute Gasteiger partial charge is 0.208 e. The summed E-state index contributed by atoms with van der Waals surface area (Å²) >= 11 is 0. The van der Waals surface area contributed by atoms with Crippen LogP contribution in [0.25, 0.3) is 10.9 Å². The predicted octanol–water partition coefficient (Wildman–Crippen LogP) is 1.71. The van der Waals surface area contributed by atoms with Crippen molar-refractivity contribution in [3.8, 4) is 6.07 Å².